The first-order valence-corrected chi connectivity index (χ1v) is 11.3. The summed E-state index contributed by atoms with van der Waals surface area (Å²) >= 11 is 0. The Morgan fingerprint density at radius 2 is 1.71 bits per heavy atom. The Labute approximate surface area is 197 Å². The fraction of sp³-hybridized carbons (Fsp3) is 0.400. The largest absolute Gasteiger partial charge is 0.343 e. The fourth-order valence-corrected chi connectivity index (χ4v) is 3.96. The molecule has 0 saturated heterocycles. The first-order valence-electron chi connectivity index (χ1n) is 11.3. The van der Waals surface area contributed by atoms with Crippen molar-refractivity contribution in [3.63, 3.8) is 0 Å². The predicted molar refractivity (Wildman–Crippen MR) is 125 cm³/mol. The highest BCUT2D eigenvalue weighted by molar-refractivity contribution is 6.00. The molecule has 7 nitrogen and oxygen atoms in total. The van der Waals surface area contributed by atoms with Gasteiger partial charge < -0.3 is 20.9 Å². The first-order chi connectivity index (χ1) is 16.2. The molecule has 3 rings (SSSR count). The maximum Gasteiger partial charge on any atom is 0.252 e. The van der Waals surface area contributed by atoms with E-state index >= 15 is 0 Å². The molecule has 0 saturated carbocycles. The maximum atomic E-state index is 14.2. The second-order valence-corrected chi connectivity index (χ2v) is 8.54. The van der Waals surface area contributed by atoms with Crippen LogP contribution in [-0.4, -0.2) is 41.8 Å². The molecule has 34 heavy (non-hydrogen) atoms. The summed E-state index contributed by atoms with van der Waals surface area (Å²) in [5, 5.41) is 7.96. The number of benzene rings is 2. The zero-order chi connectivity index (χ0) is 25.0. The summed E-state index contributed by atoms with van der Waals surface area (Å²) in [5.41, 5.74) is 0.754. The van der Waals surface area contributed by atoms with E-state index in [9.17, 15) is 23.2 Å². The van der Waals surface area contributed by atoms with E-state index in [1.54, 1.807) is 38.2 Å². The lowest BCUT2D eigenvalue weighted by Gasteiger charge is -2.32. The summed E-state index contributed by atoms with van der Waals surface area (Å²) in [6.45, 7) is 5.57. The third kappa shape index (κ3) is 5.09. The zero-order valence-electron chi connectivity index (χ0n) is 19.7. The average molecular weight is 473 g/mol. The number of likely N-dealkylation sites (N-methyl/N-ethyl adjacent to an activating group) is 1. The van der Waals surface area contributed by atoms with E-state index in [4.69, 9.17) is 0 Å². The summed E-state index contributed by atoms with van der Waals surface area (Å²) in [5.74, 6) is -3.55. The van der Waals surface area contributed by atoms with Crippen molar-refractivity contribution in [3.8, 4) is 0 Å². The van der Waals surface area contributed by atoms with Crippen LogP contribution in [-0.2, 0) is 20.9 Å². The maximum absolute atomic E-state index is 14.2. The number of rotatable bonds is 8. The summed E-state index contributed by atoms with van der Waals surface area (Å²) in [7, 11) is 1.64. The molecule has 3 N–H and O–H groups in total. The highest BCUT2D eigenvalue weighted by atomic mass is 19.1. The van der Waals surface area contributed by atoms with E-state index in [1.807, 2.05) is 13.8 Å². The van der Waals surface area contributed by atoms with E-state index in [1.165, 1.54) is 11.0 Å². The van der Waals surface area contributed by atoms with Crippen LogP contribution in [0.1, 0.15) is 44.4 Å². The monoisotopic (exact) mass is 472 g/mol. The van der Waals surface area contributed by atoms with Crippen LogP contribution in [0.25, 0.3) is 0 Å². The molecular weight excluding hydrogens is 442 g/mol. The van der Waals surface area contributed by atoms with Crippen molar-refractivity contribution in [3.05, 3.63) is 65.2 Å². The molecule has 2 aromatic carbocycles. The molecule has 182 valence electrons. The highest BCUT2D eigenvalue weighted by Gasteiger charge is 2.42. The molecular formula is C25H30F2N4O3. The summed E-state index contributed by atoms with van der Waals surface area (Å²) in [6, 6.07) is 7.83. The van der Waals surface area contributed by atoms with E-state index in [0.717, 1.165) is 17.7 Å². The fourth-order valence-electron chi connectivity index (χ4n) is 3.96. The van der Waals surface area contributed by atoms with Gasteiger partial charge >= 0.3 is 0 Å². The van der Waals surface area contributed by atoms with E-state index in [0.29, 0.717) is 12.0 Å². The summed E-state index contributed by atoms with van der Waals surface area (Å²) in [4.78, 5) is 41.0. The Hall–Kier alpha value is -3.33. The number of carbonyl (C=O) groups is 3. The molecule has 9 heteroatoms. The lowest BCUT2D eigenvalue weighted by atomic mass is 9.96. The standard InChI is InChI=1S/C25H30F2N4O3/c1-5-14(2)20(29-23(32)15(3)28-4)25(34)31-13-16-9-6-7-10-17(16)22(31)24(33)30-21-18(26)11-8-12-19(21)27/h6-12,14-15,20,22,28H,5,13H2,1-4H3,(H,29,32)(H,30,33)/t14-,15-,20-,22?/m0/s1. The second kappa shape index (κ2) is 10.7. The van der Waals surface area contributed by atoms with Gasteiger partial charge in [0.2, 0.25) is 11.8 Å². The van der Waals surface area contributed by atoms with Crippen LogP contribution >= 0.6 is 0 Å². The van der Waals surface area contributed by atoms with Crippen molar-refractivity contribution in [1.29, 1.82) is 0 Å². The molecule has 1 aliphatic rings. The van der Waals surface area contributed by atoms with Gasteiger partial charge in [-0.25, -0.2) is 8.78 Å². The van der Waals surface area contributed by atoms with Crippen LogP contribution in [0.15, 0.2) is 42.5 Å². The highest BCUT2D eigenvalue weighted by Crippen LogP contribution is 2.36. The van der Waals surface area contributed by atoms with E-state index in [-0.39, 0.29) is 18.4 Å². The van der Waals surface area contributed by atoms with Crippen molar-refractivity contribution in [2.75, 3.05) is 12.4 Å². The molecule has 1 unspecified atom stereocenters. The number of amides is 3. The van der Waals surface area contributed by atoms with Gasteiger partial charge in [-0.2, -0.15) is 0 Å². The zero-order valence-corrected chi connectivity index (χ0v) is 19.7. The molecule has 0 aliphatic carbocycles. The Balaban J connectivity index is 1.95. The van der Waals surface area contributed by atoms with Gasteiger partial charge in [-0.15, -0.1) is 0 Å². The lowest BCUT2D eigenvalue weighted by molar-refractivity contribution is -0.143. The minimum absolute atomic E-state index is 0.136. The number of hydrogen-bond acceptors (Lipinski definition) is 4. The molecule has 0 spiro atoms. The van der Waals surface area contributed by atoms with Crippen molar-refractivity contribution in [2.24, 2.45) is 5.92 Å². The number of hydrogen-bond donors (Lipinski definition) is 3. The predicted octanol–water partition coefficient (Wildman–Crippen LogP) is 3.13. The van der Waals surface area contributed by atoms with Gasteiger partial charge in [0, 0.05) is 6.54 Å². The smallest absolute Gasteiger partial charge is 0.252 e. The van der Waals surface area contributed by atoms with Gasteiger partial charge in [0.15, 0.2) is 0 Å². The van der Waals surface area contributed by atoms with Gasteiger partial charge in [0.05, 0.1) is 6.04 Å². The molecule has 2 aromatic rings. The number of nitrogens with one attached hydrogen (secondary N) is 3. The van der Waals surface area contributed by atoms with Gasteiger partial charge in [-0.3, -0.25) is 14.4 Å². The molecule has 0 bridgehead atoms. The SMILES string of the molecule is CC[C@H](C)[C@H](NC(=O)[C@H](C)NC)C(=O)N1Cc2ccccc2C1C(=O)Nc1c(F)cccc1F. The third-order valence-electron chi connectivity index (χ3n) is 6.35. The topological polar surface area (TPSA) is 90.5 Å². The number of fused-ring (bicyclic) bond motifs is 1. The summed E-state index contributed by atoms with van der Waals surface area (Å²) in [6.07, 6.45) is 0.614. The van der Waals surface area contributed by atoms with Crippen LogP contribution in [0.2, 0.25) is 0 Å². The molecule has 4 atom stereocenters. The van der Waals surface area contributed by atoms with E-state index in [2.05, 4.69) is 16.0 Å². The Morgan fingerprint density at radius 3 is 2.32 bits per heavy atom. The number of anilines is 1. The number of carbonyl (C=O) groups excluding carboxylic acids is 3. The van der Waals surface area contributed by atoms with Crippen LogP contribution < -0.4 is 16.0 Å². The lowest BCUT2D eigenvalue weighted by Crippen LogP contribution is -2.55. The van der Waals surface area contributed by atoms with Crippen molar-refractivity contribution < 1.29 is 23.2 Å². The molecule has 3 amide bonds. The molecule has 0 radical (unpaired) electrons. The van der Waals surface area contributed by atoms with Crippen LogP contribution in [0.3, 0.4) is 0 Å². The minimum atomic E-state index is -1.10. The van der Waals surface area contributed by atoms with E-state index < -0.39 is 47.3 Å². The minimum Gasteiger partial charge on any atom is -0.343 e. The molecule has 0 aromatic heterocycles. The Kier molecular flexibility index (Phi) is 7.98. The van der Waals surface area contributed by atoms with Gasteiger partial charge in [0.1, 0.15) is 29.4 Å². The molecule has 1 aliphatic heterocycles. The van der Waals surface area contributed by atoms with Crippen LogP contribution in [0, 0.1) is 17.6 Å². The van der Waals surface area contributed by atoms with Gasteiger partial charge in [-0.1, -0.05) is 50.6 Å². The first kappa shape index (κ1) is 25.3. The normalized spacial score (nSPS) is 17.5. The van der Waals surface area contributed by atoms with Crippen molar-refractivity contribution >= 4 is 23.4 Å². The third-order valence-corrected chi connectivity index (χ3v) is 6.35. The number of halogens is 2. The van der Waals surface area contributed by atoms with Gasteiger partial charge in [0.25, 0.3) is 5.91 Å². The molecule has 0 fully saturated rings. The van der Waals surface area contributed by atoms with Gasteiger partial charge in [-0.05, 0) is 43.1 Å². The van der Waals surface area contributed by atoms with Crippen LogP contribution in [0.4, 0.5) is 14.5 Å². The summed E-state index contributed by atoms with van der Waals surface area (Å²) < 4.78 is 28.4. The van der Waals surface area contributed by atoms with Crippen molar-refractivity contribution in [2.45, 2.75) is 51.9 Å². The number of para-hydroxylation sites is 1. The Bertz CT molecular complexity index is 1060. The quantitative estimate of drug-likeness (QED) is 0.551. The molecule has 1 heterocycles. The average Bonchev–Trinajstić information content (AvgIpc) is 3.23. The van der Waals surface area contributed by atoms with Crippen molar-refractivity contribution in [1.82, 2.24) is 15.5 Å². The second-order valence-electron chi connectivity index (χ2n) is 8.54. The van der Waals surface area contributed by atoms with Crippen LogP contribution in [0.5, 0.6) is 0 Å². The number of nitrogens with zero attached hydrogens (tertiary/aromatic N) is 1. The Morgan fingerprint density at radius 1 is 1.06 bits per heavy atom.